The van der Waals surface area contributed by atoms with Gasteiger partial charge in [-0.1, -0.05) is 53.5 Å². The molecular weight excluding hydrogens is 617 g/mol. The summed E-state index contributed by atoms with van der Waals surface area (Å²) in [6.07, 6.45) is 5.04. The number of anilines is 1. The van der Waals surface area contributed by atoms with E-state index in [0.29, 0.717) is 33.8 Å². The zero-order valence-corrected chi connectivity index (χ0v) is 26.7. The average molecular weight is 651 g/mol. The third kappa shape index (κ3) is 5.91. The fourth-order valence-electron chi connectivity index (χ4n) is 6.14. The van der Waals surface area contributed by atoms with Crippen LogP contribution in [0.5, 0.6) is 5.88 Å². The van der Waals surface area contributed by atoms with E-state index < -0.39 is 17.2 Å². The molecule has 2 aromatic carbocycles. The zero-order valence-electron chi connectivity index (χ0n) is 25.2. The molecular formula is C33H33Cl2N5O5. The molecule has 2 N–H and O–H groups in total. The van der Waals surface area contributed by atoms with Gasteiger partial charge in [0.1, 0.15) is 5.56 Å². The minimum absolute atomic E-state index is 0.166. The summed E-state index contributed by atoms with van der Waals surface area (Å²) in [5.41, 5.74) is 3.77. The molecule has 2 aromatic heterocycles. The van der Waals surface area contributed by atoms with E-state index in [2.05, 4.69) is 16.7 Å². The zero-order chi connectivity index (χ0) is 31.8. The van der Waals surface area contributed by atoms with Crippen LogP contribution in [0.1, 0.15) is 46.8 Å². The molecule has 1 aliphatic carbocycles. The van der Waals surface area contributed by atoms with Crippen LogP contribution >= 0.6 is 23.2 Å². The number of ether oxygens (including phenoxy) is 2. The summed E-state index contributed by atoms with van der Waals surface area (Å²) >= 11 is 13.9. The molecule has 1 unspecified atom stereocenters. The molecule has 12 heteroatoms. The van der Waals surface area contributed by atoms with Crippen molar-refractivity contribution in [3.05, 3.63) is 96.2 Å². The van der Waals surface area contributed by atoms with E-state index in [9.17, 15) is 14.4 Å². The molecule has 1 fully saturated rings. The highest BCUT2D eigenvalue weighted by molar-refractivity contribution is 6.39. The lowest BCUT2D eigenvalue weighted by atomic mass is 9.99. The highest BCUT2D eigenvalue weighted by Gasteiger charge is 2.31. The Kier molecular flexibility index (Phi) is 8.83. The number of hydrogen-bond acceptors (Lipinski definition) is 7. The number of fused-ring (bicyclic) bond motifs is 1. The van der Waals surface area contributed by atoms with Crippen molar-refractivity contribution in [3.63, 3.8) is 0 Å². The first-order valence-corrected chi connectivity index (χ1v) is 15.5. The Hall–Kier alpha value is -3.96. The second-order valence-electron chi connectivity index (χ2n) is 11.3. The molecule has 2 aliphatic rings. The van der Waals surface area contributed by atoms with Crippen LogP contribution in [0.15, 0.2) is 58.3 Å². The molecule has 45 heavy (non-hydrogen) atoms. The van der Waals surface area contributed by atoms with Gasteiger partial charge in [0.2, 0.25) is 5.88 Å². The molecule has 10 nitrogen and oxygen atoms in total. The lowest BCUT2D eigenvalue weighted by Gasteiger charge is -2.27. The molecule has 0 saturated carbocycles. The molecule has 6 rings (SSSR count). The maximum absolute atomic E-state index is 13.1. The van der Waals surface area contributed by atoms with Crippen LogP contribution in [-0.4, -0.2) is 46.4 Å². The first-order chi connectivity index (χ1) is 21.7. The van der Waals surface area contributed by atoms with Gasteiger partial charge in [0.05, 0.1) is 28.5 Å². The van der Waals surface area contributed by atoms with Crippen LogP contribution in [0.25, 0.3) is 22.4 Å². The normalized spacial score (nSPS) is 16.4. The quantitative estimate of drug-likeness (QED) is 0.285. The van der Waals surface area contributed by atoms with Gasteiger partial charge in [0.25, 0.3) is 11.5 Å². The standard InChI is InChI=1S/C33H33Cl2N5O5/c1-39-17-23(32(42)40(2)33(39)43)30(41)37-25-9-5-7-21(29(25)35)20-6-4-8-22(28(20)34)26-16-18-10-11-24(27(18)31(38-26)44-3)36-19-12-14-45-15-13-19/h4-9,16-17,19,24,36H,10-15H2,1-3H3,(H,37,41). The van der Waals surface area contributed by atoms with Crippen LogP contribution in [-0.2, 0) is 25.3 Å². The summed E-state index contributed by atoms with van der Waals surface area (Å²) in [6, 6.07) is 13.5. The second-order valence-corrected chi connectivity index (χ2v) is 12.1. The van der Waals surface area contributed by atoms with Gasteiger partial charge >= 0.3 is 5.69 Å². The molecule has 3 heterocycles. The van der Waals surface area contributed by atoms with Crippen LogP contribution in [0.2, 0.25) is 10.0 Å². The first kappa shape index (κ1) is 31.0. The van der Waals surface area contributed by atoms with E-state index in [1.54, 1.807) is 25.3 Å². The van der Waals surface area contributed by atoms with E-state index in [1.165, 1.54) is 30.4 Å². The van der Waals surface area contributed by atoms with E-state index in [-0.39, 0.29) is 22.3 Å². The lowest BCUT2D eigenvalue weighted by Crippen LogP contribution is -2.40. The SMILES string of the molecule is COc1nc(-c2cccc(-c3cccc(NC(=O)c4cn(C)c(=O)n(C)c4=O)c3Cl)c2Cl)cc2c1C(NC1CCOCC1)CC2. The Labute approximate surface area is 269 Å². The van der Waals surface area contributed by atoms with Gasteiger partial charge in [-0.05, 0) is 43.4 Å². The summed E-state index contributed by atoms with van der Waals surface area (Å²) < 4.78 is 13.4. The Morgan fingerprint density at radius 2 is 1.69 bits per heavy atom. The van der Waals surface area contributed by atoms with E-state index >= 15 is 0 Å². The molecule has 0 bridgehead atoms. The van der Waals surface area contributed by atoms with Crippen molar-refractivity contribution in [1.29, 1.82) is 0 Å². The molecule has 0 spiro atoms. The van der Waals surface area contributed by atoms with Gasteiger partial charge in [-0.2, -0.15) is 0 Å². The number of aromatic nitrogens is 3. The van der Waals surface area contributed by atoms with E-state index in [1.807, 2.05) is 18.2 Å². The van der Waals surface area contributed by atoms with Gasteiger partial charge in [0.15, 0.2) is 0 Å². The number of rotatable bonds is 7. The number of nitrogens with one attached hydrogen (secondary N) is 2. The van der Waals surface area contributed by atoms with Crippen molar-refractivity contribution in [1.82, 2.24) is 19.4 Å². The van der Waals surface area contributed by atoms with Gasteiger partial charge in [-0.25, -0.2) is 9.78 Å². The maximum atomic E-state index is 13.1. The van der Waals surface area contributed by atoms with Crippen molar-refractivity contribution in [3.8, 4) is 28.3 Å². The molecule has 234 valence electrons. The predicted molar refractivity (Wildman–Crippen MR) is 175 cm³/mol. The Morgan fingerprint density at radius 1 is 1.00 bits per heavy atom. The average Bonchev–Trinajstić information content (AvgIpc) is 3.45. The first-order valence-electron chi connectivity index (χ1n) is 14.7. The Balaban J connectivity index is 1.32. The fraction of sp³-hybridized carbons (Fsp3) is 0.333. The van der Waals surface area contributed by atoms with Crippen molar-refractivity contribution in [2.24, 2.45) is 14.1 Å². The van der Waals surface area contributed by atoms with Crippen LogP contribution in [0, 0.1) is 0 Å². The fourth-order valence-corrected chi connectivity index (χ4v) is 6.74. The van der Waals surface area contributed by atoms with Crippen molar-refractivity contribution < 1.29 is 14.3 Å². The number of amides is 1. The van der Waals surface area contributed by atoms with Crippen LogP contribution < -0.4 is 26.6 Å². The molecule has 4 aromatic rings. The van der Waals surface area contributed by atoms with Crippen molar-refractivity contribution in [2.45, 2.75) is 37.8 Å². The third-order valence-corrected chi connectivity index (χ3v) is 9.33. The summed E-state index contributed by atoms with van der Waals surface area (Å²) in [4.78, 5) is 42.7. The maximum Gasteiger partial charge on any atom is 0.330 e. The lowest BCUT2D eigenvalue weighted by molar-refractivity contribution is 0.0747. The van der Waals surface area contributed by atoms with Crippen molar-refractivity contribution in [2.75, 3.05) is 25.6 Å². The summed E-state index contributed by atoms with van der Waals surface area (Å²) in [5, 5.41) is 7.19. The molecule has 0 radical (unpaired) electrons. The number of nitrogens with zero attached hydrogens (tertiary/aromatic N) is 3. The van der Waals surface area contributed by atoms with Gasteiger partial charge in [-0.15, -0.1) is 0 Å². The monoisotopic (exact) mass is 649 g/mol. The number of methoxy groups -OCH3 is 1. The van der Waals surface area contributed by atoms with Crippen LogP contribution in [0.3, 0.4) is 0 Å². The topological polar surface area (TPSA) is 116 Å². The summed E-state index contributed by atoms with van der Waals surface area (Å²) in [5.74, 6) is -0.109. The third-order valence-electron chi connectivity index (χ3n) is 8.51. The van der Waals surface area contributed by atoms with E-state index in [0.717, 1.165) is 54.6 Å². The minimum Gasteiger partial charge on any atom is -0.481 e. The van der Waals surface area contributed by atoms with Crippen LogP contribution in [0.4, 0.5) is 5.69 Å². The van der Waals surface area contributed by atoms with Gasteiger partial charge < -0.3 is 24.7 Å². The highest BCUT2D eigenvalue weighted by atomic mass is 35.5. The second kappa shape index (κ2) is 12.8. The largest absolute Gasteiger partial charge is 0.481 e. The number of halogens is 2. The molecule has 1 atom stereocenters. The smallest absolute Gasteiger partial charge is 0.330 e. The number of carbonyl (C=O) groups is 1. The molecule has 1 amide bonds. The summed E-state index contributed by atoms with van der Waals surface area (Å²) in [6.45, 7) is 1.55. The number of benzene rings is 2. The number of aryl methyl sites for hydroxylation is 2. The Bertz CT molecular complexity index is 1920. The number of carbonyl (C=O) groups excluding carboxylic acids is 1. The molecule has 1 saturated heterocycles. The summed E-state index contributed by atoms with van der Waals surface area (Å²) in [7, 11) is 4.42. The highest BCUT2D eigenvalue weighted by Crippen LogP contribution is 2.44. The number of hydrogen-bond donors (Lipinski definition) is 2. The predicted octanol–water partition coefficient (Wildman–Crippen LogP) is 5.14. The van der Waals surface area contributed by atoms with E-state index in [4.69, 9.17) is 37.7 Å². The number of pyridine rings is 1. The minimum atomic E-state index is -0.707. The Morgan fingerprint density at radius 3 is 2.42 bits per heavy atom. The molecule has 1 aliphatic heterocycles. The van der Waals surface area contributed by atoms with Gasteiger partial charge in [-0.3, -0.25) is 14.2 Å². The van der Waals surface area contributed by atoms with Crippen molar-refractivity contribution >= 4 is 34.8 Å². The van der Waals surface area contributed by atoms with Gasteiger partial charge in [0, 0.05) is 67.8 Å².